The molecule has 3 aliphatic rings. The molecule has 2 amide bonds. The Morgan fingerprint density at radius 3 is 2.58 bits per heavy atom. The zero-order valence-corrected chi connectivity index (χ0v) is 19.1. The van der Waals surface area contributed by atoms with Gasteiger partial charge in [0.05, 0.1) is 5.92 Å². The number of carbonyl (C=O) groups excluding carboxylic acids is 2. The molecule has 6 heteroatoms. The molecule has 2 aromatic rings. The van der Waals surface area contributed by atoms with E-state index in [4.69, 9.17) is 0 Å². The Labute approximate surface area is 191 Å². The van der Waals surface area contributed by atoms with E-state index in [0.29, 0.717) is 17.9 Å². The van der Waals surface area contributed by atoms with Gasteiger partial charge in [-0.3, -0.25) is 9.59 Å². The number of nitrogens with one attached hydrogen (secondary N) is 2. The first-order valence-corrected chi connectivity index (χ1v) is 12.0. The van der Waals surface area contributed by atoms with Crippen LogP contribution in [0.15, 0.2) is 53.0 Å². The van der Waals surface area contributed by atoms with Gasteiger partial charge in [0.25, 0.3) is 0 Å². The van der Waals surface area contributed by atoms with Crippen LogP contribution in [0, 0.1) is 11.8 Å². The number of anilines is 1. The first-order chi connectivity index (χ1) is 15.1. The van der Waals surface area contributed by atoms with E-state index >= 15 is 0 Å². The lowest BCUT2D eigenvalue weighted by Gasteiger charge is -2.33. The second-order valence-electron chi connectivity index (χ2n) is 9.09. The summed E-state index contributed by atoms with van der Waals surface area (Å²) in [6, 6.07) is 16.5. The Hall–Kier alpha value is -2.18. The third-order valence-corrected chi connectivity index (χ3v) is 7.69. The van der Waals surface area contributed by atoms with E-state index in [1.54, 1.807) is 0 Å². The molecule has 1 unspecified atom stereocenters. The number of halogens is 1. The average Bonchev–Trinajstić information content (AvgIpc) is 3.52. The van der Waals surface area contributed by atoms with Crippen molar-refractivity contribution in [2.45, 2.75) is 37.6 Å². The lowest BCUT2D eigenvalue weighted by Crippen LogP contribution is -2.43. The van der Waals surface area contributed by atoms with E-state index in [2.05, 4.69) is 49.7 Å². The molecular weight excluding hydrogens is 454 g/mol. The van der Waals surface area contributed by atoms with E-state index in [0.717, 1.165) is 54.6 Å². The van der Waals surface area contributed by atoms with Gasteiger partial charge in [0.15, 0.2) is 0 Å². The maximum absolute atomic E-state index is 13.7. The van der Waals surface area contributed by atoms with Crippen LogP contribution in [-0.2, 0) is 16.0 Å². The molecule has 5 nitrogen and oxygen atoms in total. The molecule has 1 saturated heterocycles. The van der Waals surface area contributed by atoms with Gasteiger partial charge >= 0.3 is 0 Å². The van der Waals surface area contributed by atoms with E-state index in [9.17, 15) is 9.59 Å². The minimum absolute atomic E-state index is 0.0675. The van der Waals surface area contributed by atoms with E-state index in [1.807, 2.05) is 30.3 Å². The first kappa shape index (κ1) is 20.7. The monoisotopic (exact) mass is 481 g/mol. The predicted octanol–water partition coefficient (Wildman–Crippen LogP) is 3.94. The SMILES string of the molecule is O=C1CC(C(=O)N(C[C@@H]2CNC[C@H]2Cc2ccccc2Br)C2CC2)c2ccccc2N1. The van der Waals surface area contributed by atoms with E-state index in [1.165, 1.54) is 5.56 Å². The van der Waals surface area contributed by atoms with Crippen LogP contribution >= 0.6 is 15.9 Å². The zero-order chi connectivity index (χ0) is 21.4. The third kappa shape index (κ3) is 4.41. The fourth-order valence-electron chi connectivity index (χ4n) is 5.08. The molecule has 0 spiro atoms. The molecule has 31 heavy (non-hydrogen) atoms. The van der Waals surface area contributed by atoms with Crippen LogP contribution in [0.3, 0.4) is 0 Å². The Morgan fingerprint density at radius 1 is 1.03 bits per heavy atom. The van der Waals surface area contributed by atoms with Gasteiger partial charge < -0.3 is 15.5 Å². The molecule has 2 N–H and O–H groups in total. The van der Waals surface area contributed by atoms with Crippen LogP contribution in [0.25, 0.3) is 0 Å². The van der Waals surface area contributed by atoms with Crippen LogP contribution in [0.5, 0.6) is 0 Å². The number of nitrogens with zero attached hydrogens (tertiary/aromatic N) is 1. The molecule has 2 fully saturated rings. The Morgan fingerprint density at radius 2 is 1.77 bits per heavy atom. The average molecular weight is 482 g/mol. The van der Waals surface area contributed by atoms with Crippen molar-refractivity contribution in [1.29, 1.82) is 0 Å². The highest BCUT2D eigenvalue weighted by atomic mass is 79.9. The Bertz CT molecular complexity index is 990. The molecule has 2 aliphatic heterocycles. The molecule has 2 heterocycles. The van der Waals surface area contributed by atoms with Crippen LogP contribution < -0.4 is 10.6 Å². The molecular formula is C25H28BrN3O2. The minimum Gasteiger partial charge on any atom is -0.339 e. The largest absolute Gasteiger partial charge is 0.339 e. The van der Waals surface area contributed by atoms with Crippen LogP contribution in [0.1, 0.15) is 36.3 Å². The Kier molecular flexibility index (Phi) is 5.85. The molecule has 162 valence electrons. The van der Waals surface area contributed by atoms with Gasteiger partial charge in [-0.15, -0.1) is 0 Å². The maximum Gasteiger partial charge on any atom is 0.230 e. The lowest BCUT2D eigenvalue weighted by molar-refractivity contribution is -0.136. The summed E-state index contributed by atoms with van der Waals surface area (Å²) in [5.41, 5.74) is 3.05. The number of hydrogen-bond acceptors (Lipinski definition) is 3. The fourth-order valence-corrected chi connectivity index (χ4v) is 5.52. The number of rotatable bonds is 6. The van der Waals surface area contributed by atoms with Crippen LogP contribution in [0.2, 0.25) is 0 Å². The number of benzene rings is 2. The second-order valence-corrected chi connectivity index (χ2v) is 9.94. The van der Waals surface area contributed by atoms with Crippen molar-refractivity contribution in [3.8, 4) is 0 Å². The molecule has 0 aromatic heterocycles. The fraction of sp³-hybridized carbons (Fsp3) is 0.440. The smallest absolute Gasteiger partial charge is 0.230 e. The second kappa shape index (κ2) is 8.75. The van der Waals surface area contributed by atoms with Gasteiger partial charge in [0, 0.05) is 29.2 Å². The number of carbonyl (C=O) groups is 2. The van der Waals surface area contributed by atoms with Gasteiger partial charge in [-0.2, -0.15) is 0 Å². The number of fused-ring (bicyclic) bond motifs is 1. The molecule has 0 bridgehead atoms. The van der Waals surface area contributed by atoms with E-state index in [-0.39, 0.29) is 24.2 Å². The summed E-state index contributed by atoms with van der Waals surface area (Å²) in [6.45, 7) is 2.69. The van der Waals surface area contributed by atoms with Crippen molar-refractivity contribution < 1.29 is 9.59 Å². The van der Waals surface area contributed by atoms with Crippen molar-refractivity contribution in [3.05, 3.63) is 64.1 Å². The highest BCUT2D eigenvalue weighted by Crippen LogP contribution is 2.38. The lowest BCUT2D eigenvalue weighted by atomic mass is 9.87. The normalized spacial score (nSPS) is 25.1. The molecule has 0 radical (unpaired) electrons. The topological polar surface area (TPSA) is 61.4 Å². The summed E-state index contributed by atoms with van der Waals surface area (Å²) < 4.78 is 1.15. The molecule has 1 saturated carbocycles. The van der Waals surface area contributed by atoms with Crippen LogP contribution in [-0.4, -0.2) is 42.4 Å². The summed E-state index contributed by atoms with van der Waals surface area (Å²) in [7, 11) is 0. The van der Waals surface area contributed by atoms with Crippen molar-refractivity contribution in [2.24, 2.45) is 11.8 Å². The quantitative estimate of drug-likeness (QED) is 0.656. The number of para-hydroxylation sites is 1. The van der Waals surface area contributed by atoms with Gasteiger partial charge in [0.1, 0.15) is 0 Å². The summed E-state index contributed by atoms with van der Waals surface area (Å²) in [6.07, 6.45) is 3.38. The van der Waals surface area contributed by atoms with Crippen LogP contribution in [0.4, 0.5) is 5.69 Å². The van der Waals surface area contributed by atoms with Gasteiger partial charge in [-0.25, -0.2) is 0 Å². The number of amides is 2. The van der Waals surface area contributed by atoms with Gasteiger partial charge in [-0.05, 0) is 67.4 Å². The summed E-state index contributed by atoms with van der Waals surface area (Å²) in [5.74, 6) is 0.596. The maximum atomic E-state index is 13.7. The summed E-state index contributed by atoms with van der Waals surface area (Å²) in [5, 5.41) is 6.47. The summed E-state index contributed by atoms with van der Waals surface area (Å²) >= 11 is 3.68. The van der Waals surface area contributed by atoms with Crippen molar-refractivity contribution in [1.82, 2.24) is 10.2 Å². The Balaban J connectivity index is 1.34. The molecule has 3 atom stereocenters. The predicted molar refractivity (Wildman–Crippen MR) is 125 cm³/mol. The van der Waals surface area contributed by atoms with E-state index < -0.39 is 0 Å². The summed E-state index contributed by atoms with van der Waals surface area (Å²) in [4.78, 5) is 28.1. The highest BCUT2D eigenvalue weighted by Gasteiger charge is 2.41. The van der Waals surface area contributed by atoms with Crippen molar-refractivity contribution >= 4 is 33.4 Å². The molecule has 5 rings (SSSR count). The third-order valence-electron chi connectivity index (χ3n) is 6.92. The zero-order valence-electron chi connectivity index (χ0n) is 17.5. The van der Waals surface area contributed by atoms with Gasteiger partial charge in [0.2, 0.25) is 11.8 Å². The van der Waals surface area contributed by atoms with Crippen molar-refractivity contribution in [2.75, 3.05) is 25.0 Å². The molecule has 2 aromatic carbocycles. The number of hydrogen-bond donors (Lipinski definition) is 2. The highest BCUT2D eigenvalue weighted by molar-refractivity contribution is 9.10. The van der Waals surface area contributed by atoms with Crippen molar-refractivity contribution in [3.63, 3.8) is 0 Å². The standard InChI is InChI=1S/C25H28BrN3O2/c26-22-7-3-1-5-16(22)11-17-13-27-14-18(17)15-29(19-9-10-19)25(31)21-12-24(30)28-23-8-4-2-6-20(21)23/h1-8,17-19,21,27H,9-15H2,(H,28,30)/t17-,18+,21?/m1/s1. The van der Waals surface area contributed by atoms with Gasteiger partial charge in [-0.1, -0.05) is 52.3 Å². The molecule has 1 aliphatic carbocycles. The minimum atomic E-state index is -0.373. The first-order valence-electron chi connectivity index (χ1n) is 11.2.